The number of benzene rings is 1. The van der Waals surface area contributed by atoms with Crippen LogP contribution in [0.15, 0.2) is 22.7 Å². The van der Waals surface area contributed by atoms with Crippen molar-refractivity contribution in [2.45, 2.75) is 20.0 Å². The van der Waals surface area contributed by atoms with Crippen molar-refractivity contribution in [2.75, 3.05) is 13.2 Å². The molecular formula is C12H15BrClNO2. The number of hydrogen-bond acceptors (Lipinski definition) is 2. The first-order valence-corrected chi connectivity index (χ1v) is 6.52. The van der Waals surface area contributed by atoms with Crippen LogP contribution >= 0.6 is 27.5 Å². The summed E-state index contributed by atoms with van der Waals surface area (Å²) in [6, 6.07) is 5.09. The zero-order valence-corrected chi connectivity index (χ0v) is 12.1. The maximum atomic E-state index is 11.7. The monoisotopic (exact) mass is 319 g/mol. The van der Waals surface area contributed by atoms with Gasteiger partial charge in [-0.3, -0.25) is 4.79 Å². The number of ether oxygens (including phenoxy) is 1. The Kier molecular flexibility index (Phi) is 5.95. The molecule has 0 atom stereocenters. The fourth-order valence-electron chi connectivity index (χ4n) is 1.25. The zero-order chi connectivity index (χ0) is 12.8. The van der Waals surface area contributed by atoms with Crippen LogP contribution in [0.25, 0.3) is 0 Å². The van der Waals surface area contributed by atoms with Gasteiger partial charge in [0.1, 0.15) is 0 Å². The van der Waals surface area contributed by atoms with Crippen molar-refractivity contribution in [3.05, 3.63) is 33.3 Å². The second-order valence-electron chi connectivity index (χ2n) is 3.83. The Morgan fingerprint density at radius 2 is 2.18 bits per heavy atom. The SMILES string of the molecule is CC(C)OCCNC(=O)c1cc(Cl)cc(Br)c1. The number of halogens is 2. The second kappa shape index (κ2) is 6.99. The van der Waals surface area contributed by atoms with Gasteiger partial charge in [-0.2, -0.15) is 0 Å². The first kappa shape index (κ1) is 14.5. The summed E-state index contributed by atoms with van der Waals surface area (Å²) in [5.41, 5.74) is 0.536. The van der Waals surface area contributed by atoms with Gasteiger partial charge in [-0.25, -0.2) is 0 Å². The standard InChI is InChI=1S/C12H15BrClNO2/c1-8(2)17-4-3-15-12(16)9-5-10(13)7-11(14)6-9/h5-8H,3-4H2,1-2H3,(H,15,16). The van der Waals surface area contributed by atoms with E-state index in [1.807, 2.05) is 13.8 Å². The summed E-state index contributed by atoms with van der Waals surface area (Å²) in [7, 11) is 0. The zero-order valence-electron chi connectivity index (χ0n) is 9.80. The van der Waals surface area contributed by atoms with Crippen LogP contribution in [0.1, 0.15) is 24.2 Å². The lowest BCUT2D eigenvalue weighted by atomic mass is 10.2. The highest BCUT2D eigenvalue weighted by atomic mass is 79.9. The molecule has 0 saturated carbocycles. The molecule has 0 aliphatic heterocycles. The summed E-state index contributed by atoms with van der Waals surface area (Å²) in [5.74, 6) is -0.152. The van der Waals surface area contributed by atoms with Crippen LogP contribution in [0.3, 0.4) is 0 Å². The van der Waals surface area contributed by atoms with E-state index in [0.717, 1.165) is 4.47 Å². The molecule has 1 aromatic carbocycles. The molecule has 0 saturated heterocycles. The van der Waals surface area contributed by atoms with E-state index in [4.69, 9.17) is 16.3 Å². The molecule has 0 aromatic heterocycles. The highest BCUT2D eigenvalue weighted by Crippen LogP contribution is 2.19. The Bertz CT molecular complexity index is 376. The third kappa shape index (κ3) is 5.52. The molecule has 0 spiro atoms. The Labute approximate surface area is 115 Å². The maximum Gasteiger partial charge on any atom is 0.251 e. The molecular weight excluding hydrogens is 305 g/mol. The lowest BCUT2D eigenvalue weighted by Crippen LogP contribution is -2.28. The predicted molar refractivity (Wildman–Crippen MR) is 72.6 cm³/mol. The van der Waals surface area contributed by atoms with Crippen molar-refractivity contribution in [3.63, 3.8) is 0 Å². The molecule has 0 bridgehead atoms. The Hall–Kier alpha value is -0.580. The van der Waals surface area contributed by atoms with Gasteiger partial charge in [0.05, 0.1) is 12.7 Å². The molecule has 1 N–H and O–H groups in total. The normalized spacial score (nSPS) is 10.6. The topological polar surface area (TPSA) is 38.3 Å². The van der Waals surface area contributed by atoms with Gasteiger partial charge in [0, 0.05) is 21.6 Å². The minimum Gasteiger partial charge on any atom is -0.377 e. The summed E-state index contributed by atoms with van der Waals surface area (Å²) in [6.45, 7) is 4.90. The molecule has 1 aromatic rings. The number of carbonyl (C=O) groups excluding carboxylic acids is 1. The Morgan fingerprint density at radius 1 is 1.47 bits per heavy atom. The second-order valence-corrected chi connectivity index (χ2v) is 5.19. The number of rotatable bonds is 5. The molecule has 0 radical (unpaired) electrons. The Balaban J connectivity index is 2.47. The van der Waals surface area contributed by atoms with Gasteiger partial charge in [-0.15, -0.1) is 0 Å². The highest BCUT2D eigenvalue weighted by Gasteiger charge is 2.07. The van der Waals surface area contributed by atoms with Crippen LogP contribution in [0, 0.1) is 0 Å². The first-order chi connectivity index (χ1) is 7.99. The third-order valence-electron chi connectivity index (χ3n) is 1.96. The van der Waals surface area contributed by atoms with Crippen molar-refractivity contribution in [1.82, 2.24) is 5.32 Å². The summed E-state index contributed by atoms with van der Waals surface area (Å²) in [4.78, 5) is 11.7. The fourth-order valence-corrected chi connectivity index (χ4v) is 2.11. The number of amides is 1. The Morgan fingerprint density at radius 3 is 2.76 bits per heavy atom. The number of nitrogens with one attached hydrogen (secondary N) is 1. The van der Waals surface area contributed by atoms with Crippen molar-refractivity contribution < 1.29 is 9.53 Å². The van der Waals surface area contributed by atoms with E-state index in [-0.39, 0.29) is 12.0 Å². The average Bonchev–Trinajstić information content (AvgIpc) is 2.22. The molecule has 3 nitrogen and oxygen atoms in total. The molecule has 0 unspecified atom stereocenters. The van der Waals surface area contributed by atoms with Crippen LogP contribution in [0.4, 0.5) is 0 Å². The van der Waals surface area contributed by atoms with E-state index in [9.17, 15) is 4.79 Å². The van der Waals surface area contributed by atoms with Crippen LogP contribution in [0.2, 0.25) is 5.02 Å². The molecule has 0 heterocycles. The minimum atomic E-state index is -0.152. The van der Waals surface area contributed by atoms with Gasteiger partial charge in [-0.1, -0.05) is 27.5 Å². The van der Waals surface area contributed by atoms with Gasteiger partial charge >= 0.3 is 0 Å². The van der Waals surface area contributed by atoms with E-state index >= 15 is 0 Å². The molecule has 0 aliphatic carbocycles. The molecule has 0 fully saturated rings. The quantitative estimate of drug-likeness (QED) is 0.846. The minimum absolute atomic E-state index is 0.152. The maximum absolute atomic E-state index is 11.7. The van der Waals surface area contributed by atoms with Gasteiger partial charge in [0.25, 0.3) is 5.91 Å². The molecule has 94 valence electrons. The summed E-state index contributed by atoms with van der Waals surface area (Å²) >= 11 is 9.16. The lowest BCUT2D eigenvalue weighted by Gasteiger charge is -2.09. The van der Waals surface area contributed by atoms with Crippen LogP contribution < -0.4 is 5.32 Å². The summed E-state index contributed by atoms with van der Waals surface area (Å²) in [5, 5.41) is 3.30. The molecule has 5 heteroatoms. The van der Waals surface area contributed by atoms with Crippen molar-refractivity contribution in [1.29, 1.82) is 0 Å². The van der Waals surface area contributed by atoms with Gasteiger partial charge in [0.2, 0.25) is 0 Å². The number of hydrogen-bond donors (Lipinski definition) is 1. The van der Waals surface area contributed by atoms with E-state index in [0.29, 0.717) is 23.7 Å². The van der Waals surface area contributed by atoms with E-state index < -0.39 is 0 Å². The van der Waals surface area contributed by atoms with Crippen LogP contribution in [-0.2, 0) is 4.74 Å². The average molecular weight is 321 g/mol. The lowest BCUT2D eigenvalue weighted by molar-refractivity contribution is 0.0746. The molecule has 17 heavy (non-hydrogen) atoms. The van der Waals surface area contributed by atoms with Gasteiger partial charge in [-0.05, 0) is 32.0 Å². The van der Waals surface area contributed by atoms with Crippen molar-refractivity contribution >= 4 is 33.4 Å². The smallest absolute Gasteiger partial charge is 0.251 e. The van der Waals surface area contributed by atoms with Crippen molar-refractivity contribution in [3.8, 4) is 0 Å². The van der Waals surface area contributed by atoms with E-state index in [2.05, 4.69) is 21.2 Å². The largest absolute Gasteiger partial charge is 0.377 e. The van der Waals surface area contributed by atoms with Gasteiger partial charge in [0.15, 0.2) is 0 Å². The van der Waals surface area contributed by atoms with Crippen LogP contribution in [-0.4, -0.2) is 25.2 Å². The molecule has 1 amide bonds. The summed E-state index contributed by atoms with van der Waals surface area (Å²) in [6.07, 6.45) is 0.173. The first-order valence-electron chi connectivity index (χ1n) is 5.35. The van der Waals surface area contributed by atoms with Crippen molar-refractivity contribution in [2.24, 2.45) is 0 Å². The van der Waals surface area contributed by atoms with E-state index in [1.54, 1.807) is 18.2 Å². The highest BCUT2D eigenvalue weighted by molar-refractivity contribution is 9.10. The number of carbonyl (C=O) groups is 1. The third-order valence-corrected chi connectivity index (χ3v) is 2.64. The van der Waals surface area contributed by atoms with Gasteiger partial charge < -0.3 is 10.1 Å². The fraction of sp³-hybridized carbons (Fsp3) is 0.417. The summed E-state index contributed by atoms with van der Waals surface area (Å²) < 4.78 is 6.11. The predicted octanol–water partition coefficient (Wildman–Crippen LogP) is 3.26. The molecule has 0 aliphatic rings. The van der Waals surface area contributed by atoms with Crippen LogP contribution in [0.5, 0.6) is 0 Å². The van der Waals surface area contributed by atoms with E-state index in [1.165, 1.54) is 0 Å². The molecule has 1 rings (SSSR count).